The highest BCUT2D eigenvalue weighted by atomic mass is 19.4. The van der Waals surface area contributed by atoms with Crippen molar-refractivity contribution in [3.05, 3.63) is 39.9 Å². The van der Waals surface area contributed by atoms with E-state index < -0.39 is 34.4 Å². The zero-order chi connectivity index (χ0) is 13.3. The van der Waals surface area contributed by atoms with Gasteiger partial charge in [-0.25, -0.2) is 0 Å². The average Bonchev–Trinajstić information content (AvgIpc) is 2.26. The van der Waals surface area contributed by atoms with E-state index in [1.807, 2.05) is 0 Å². The highest BCUT2D eigenvalue weighted by Gasteiger charge is 2.53. The molecule has 7 heteroatoms. The van der Waals surface area contributed by atoms with Gasteiger partial charge < -0.3 is 5.11 Å². The van der Waals surface area contributed by atoms with E-state index in [0.29, 0.717) is 0 Å². The average molecular weight is 249 g/mol. The van der Waals surface area contributed by atoms with Crippen LogP contribution in [0.5, 0.6) is 0 Å². The predicted molar refractivity (Wildman–Crippen MR) is 53.3 cm³/mol. The van der Waals surface area contributed by atoms with E-state index in [-0.39, 0.29) is 0 Å². The molecule has 0 saturated carbocycles. The van der Waals surface area contributed by atoms with Crippen LogP contribution in [-0.4, -0.2) is 16.2 Å². The fourth-order valence-electron chi connectivity index (χ4n) is 1.44. The number of halogens is 3. The van der Waals surface area contributed by atoms with Gasteiger partial charge in [-0.1, -0.05) is 19.1 Å². The first-order chi connectivity index (χ1) is 7.72. The van der Waals surface area contributed by atoms with E-state index in [2.05, 4.69) is 0 Å². The van der Waals surface area contributed by atoms with Crippen LogP contribution in [0.1, 0.15) is 18.9 Å². The van der Waals surface area contributed by atoms with Gasteiger partial charge in [0.25, 0.3) is 5.69 Å². The van der Waals surface area contributed by atoms with E-state index in [9.17, 15) is 28.4 Å². The van der Waals surface area contributed by atoms with Gasteiger partial charge in [0.05, 0.1) is 4.92 Å². The molecule has 94 valence electrons. The molecule has 1 N–H and O–H groups in total. The number of benzene rings is 1. The van der Waals surface area contributed by atoms with Crippen molar-refractivity contribution in [3.8, 4) is 0 Å². The summed E-state index contributed by atoms with van der Waals surface area (Å²) in [4.78, 5) is 9.65. The third-order valence-corrected chi connectivity index (χ3v) is 2.52. The summed E-state index contributed by atoms with van der Waals surface area (Å²) < 4.78 is 38.1. The van der Waals surface area contributed by atoms with E-state index in [1.54, 1.807) is 0 Å². The SMILES string of the molecule is CCC(O)(c1cccc([N+](=O)[O-])c1)C(F)(F)F. The van der Waals surface area contributed by atoms with Gasteiger partial charge in [-0.15, -0.1) is 0 Å². The topological polar surface area (TPSA) is 63.4 Å². The van der Waals surface area contributed by atoms with Gasteiger partial charge in [0.2, 0.25) is 0 Å². The maximum atomic E-state index is 12.7. The summed E-state index contributed by atoms with van der Waals surface area (Å²) in [6, 6.07) is 3.93. The number of hydrogen-bond acceptors (Lipinski definition) is 3. The van der Waals surface area contributed by atoms with Gasteiger partial charge in [0.15, 0.2) is 5.60 Å². The standard InChI is InChI=1S/C10H10F3NO3/c1-2-9(15,10(11,12)13)7-4-3-5-8(6-7)14(16)17/h3-6,15H,2H2,1H3. The highest BCUT2D eigenvalue weighted by Crippen LogP contribution is 2.42. The molecule has 1 aromatic carbocycles. The Morgan fingerprint density at radius 2 is 2.00 bits per heavy atom. The lowest BCUT2D eigenvalue weighted by Gasteiger charge is -2.29. The minimum absolute atomic E-state index is 0.487. The van der Waals surface area contributed by atoms with Gasteiger partial charge >= 0.3 is 6.18 Å². The van der Waals surface area contributed by atoms with Crippen molar-refractivity contribution in [2.24, 2.45) is 0 Å². The number of alkyl halides is 3. The molecule has 1 rings (SSSR count). The summed E-state index contributed by atoms with van der Waals surface area (Å²) >= 11 is 0. The highest BCUT2D eigenvalue weighted by molar-refractivity contribution is 5.37. The second kappa shape index (κ2) is 4.33. The fraction of sp³-hybridized carbons (Fsp3) is 0.400. The van der Waals surface area contributed by atoms with Crippen LogP contribution in [0, 0.1) is 10.1 Å². The Bertz CT molecular complexity index is 433. The molecule has 0 amide bonds. The molecule has 1 unspecified atom stereocenters. The van der Waals surface area contributed by atoms with Gasteiger partial charge in [-0.05, 0) is 12.0 Å². The first-order valence-electron chi connectivity index (χ1n) is 4.76. The van der Waals surface area contributed by atoms with Crippen LogP contribution in [0.2, 0.25) is 0 Å². The van der Waals surface area contributed by atoms with Crippen molar-refractivity contribution in [2.75, 3.05) is 0 Å². The summed E-state index contributed by atoms with van der Waals surface area (Å²) in [5.41, 5.74) is -4.07. The smallest absolute Gasteiger partial charge is 0.376 e. The van der Waals surface area contributed by atoms with Crippen LogP contribution in [-0.2, 0) is 5.60 Å². The second-order valence-electron chi connectivity index (χ2n) is 3.52. The molecule has 0 saturated heterocycles. The summed E-state index contributed by atoms with van der Waals surface area (Å²) in [6.07, 6.45) is -5.49. The molecule has 0 bridgehead atoms. The first kappa shape index (κ1) is 13.4. The van der Waals surface area contributed by atoms with Crippen molar-refractivity contribution in [1.82, 2.24) is 0 Å². The van der Waals surface area contributed by atoms with Crippen LogP contribution in [0.25, 0.3) is 0 Å². The maximum Gasteiger partial charge on any atom is 0.421 e. The van der Waals surface area contributed by atoms with Gasteiger partial charge in [0, 0.05) is 12.1 Å². The third-order valence-electron chi connectivity index (χ3n) is 2.52. The minimum Gasteiger partial charge on any atom is -0.376 e. The Labute approximate surface area is 94.8 Å². The van der Waals surface area contributed by atoms with Crippen LogP contribution in [0.3, 0.4) is 0 Å². The Balaban J connectivity index is 3.31. The maximum absolute atomic E-state index is 12.7. The third kappa shape index (κ3) is 2.38. The van der Waals surface area contributed by atoms with E-state index in [4.69, 9.17) is 0 Å². The molecule has 0 heterocycles. The number of rotatable bonds is 3. The number of nitro benzene ring substituents is 1. The van der Waals surface area contributed by atoms with Gasteiger partial charge in [-0.3, -0.25) is 10.1 Å². The molecule has 0 spiro atoms. The number of aliphatic hydroxyl groups is 1. The summed E-state index contributed by atoms with van der Waals surface area (Å²) in [6.45, 7) is 1.16. The molecule has 0 fully saturated rings. The molecule has 0 aliphatic heterocycles. The number of nitro groups is 1. The van der Waals surface area contributed by atoms with Gasteiger partial charge in [-0.2, -0.15) is 13.2 Å². The number of hydrogen-bond donors (Lipinski definition) is 1. The largest absolute Gasteiger partial charge is 0.421 e. The zero-order valence-corrected chi connectivity index (χ0v) is 8.86. The Morgan fingerprint density at radius 1 is 1.41 bits per heavy atom. The molecule has 1 atom stereocenters. The van der Waals surface area contributed by atoms with E-state index in [0.717, 1.165) is 31.2 Å². The quantitative estimate of drug-likeness (QED) is 0.661. The van der Waals surface area contributed by atoms with Crippen molar-refractivity contribution in [3.63, 3.8) is 0 Å². The van der Waals surface area contributed by atoms with Crippen LogP contribution < -0.4 is 0 Å². The minimum atomic E-state index is -4.88. The van der Waals surface area contributed by atoms with Crippen LogP contribution in [0.15, 0.2) is 24.3 Å². The Morgan fingerprint density at radius 3 is 2.41 bits per heavy atom. The molecule has 4 nitrogen and oxygen atoms in total. The molecule has 1 aromatic rings. The lowest BCUT2D eigenvalue weighted by atomic mass is 9.90. The molecule has 17 heavy (non-hydrogen) atoms. The lowest BCUT2D eigenvalue weighted by Crippen LogP contribution is -2.41. The Hall–Kier alpha value is -1.63. The summed E-state index contributed by atoms with van der Waals surface area (Å²) in [5, 5.41) is 20.0. The van der Waals surface area contributed by atoms with Crippen LogP contribution >= 0.6 is 0 Å². The summed E-state index contributed by atoms with van der Waals surface area (Å²) in [7, 11) is 0. The number of non-ortho nitro benzene ring substituents is 1. The predicted octanol–water partition coefficient (Wildman–Crippen LogP) is 2.75. The monoisotopic (exact) mass is 249 g/mol. The van der Waals surface area contributed by atoms with Gasteiger partial charge in [0.1, 0.15) is 0 Å². The molecular formula is C10H10F3NO3. The van der Waals surface area contributed by atoms with Crippen molar-refractivity contribution < 1.29 is 23.2 Å². The molecule has 0 radical (unpaired) electrons. The molecular weight excluding hydrogens is 239 g/mol. The first-order valence-corrected chi connectivity index (χ1v) is 4.76. The van der Waals surface area contributed by atoms with E-state index >= 15 is 0 Å². The molecule has 0 aromatic heterocycles. The normalized spacial score (nSPS) is 15.4. The van der Waals surface area contributed by atoms with Crippen LogP contribution in [0.4, 0.5) is 18.9 Å². The van der Waals surface area contributed by atoms with Crippen molar-refractivity contribution in [1.29, 1.82) is 0 Å². The zero-order valence-electron chi connectivity index (χ0n) is 8.86. The fourth-order valence-corrected chi connectivity index (χ4v) is 1.44. The second-order valence-corrected chi connectivity index (χ2v) is 3.52. The molecule has 0 aliphatic carbocycles. The Kier molecular flexibility index (Phi) is 3.42. The van der Waals surface area contributed by atoms with Crippen molar-refractivity contribution >= 4 is 5.69 Å². The van der Waals surface area contributed by atoms with Crippen molar-refractivity contribution in [2.45, 2.75) is 25.1 Å². The summed E-state index contributed by atoms with van der Waals surface area (Å²) in [5.74, 6) is 0. The van der Waals surface area contributed by atoms with E-state index in [1.165, 1.54) is 0 Å². The lowest BCUT2D eigenvalue weighted by molar-refractivity contribution is -0.385. The number of nitrogens with zero attached hydrogens (tertiary/aromatic N) is 1. The molecule has 0 aliphatic rings.